The zero-order valence-electron chi connectivity index (χ0n) is 10.3. The van der Waals surface area contributed by atoms with Crippen LogP contribution in [0.1, 0.15) is 11.1 Å². The van der Waals surface area contributed by atoms with E-state index in [0.29, 0.717) is 6.54 Å². The van der Waals surface area contributed by atoms with Gasteiger partial charge in [0.2, 0.25) is 0 Å². The molecule has 2 rings (SSSR count). The number of hydrogen-bond acceptors (Lipinski definition) is 2. The van der Waals surface area contributed by atoms with E-state index in [-0.39, 0.29) is 0 Å². The van der Waals surface area contributed by atoms with Gasteiger partial charge in [0, 0.05) is 4.47 Å². The highest BCUT2D eigenvalue weighted by molar-refractivity contribution is 9.10. The molecule has 0 spiro atoms. The van der Waals surface area contributed by atoms with Gasteiger partial charge in [-0.2, -0.15) is 0 Å². The molecule has 3 heteroatoms. The maximum absolute atomic E-state index is 5.84. The summed E-state index contributed by atoms with van der Waals surface area (Å²) in [5.41, 5.74) is 7.91. The van der Waals surface area contributed by atoms with Crippen molar-refractivity contribution in [2.45, 2.75) is 13.3 Å². The highest BCUT2D eigenvalue weighted by Gasteiger charge is 2.01. The summed E-state index contributed by atoms with van der Waals surface area (Å²) in [5.74, 6) is 1.70. The second-order valence-electron chi connectivity index (χ2n) is 4.20. The highest BCUT2D eigenvalue weighted by atomic mass is 79.9. The van der Waals surface area contributed by atoms with Crippen LogP contribution in [-0.2, 0) is 6.42 Å². The predicted octanol–water partition coefficient (Wildman–Crippen LogP) is 4.05. The van der Waals surface area contributed by atoms with Crippen LogP contribution in [-0.4, -0.2) is 6.54 Å². The number of aryl methyl sites for hydroxylation is 1. The summed E-state index contributed by atoms with van der Waals surface area (Å²) < 4.78 is 6.93. The maximum Gasteiger partial charge on any atom is 0.127 e. The number of nitrogens with two attached hydrogens (primary N) is 1. The van der Waals surface area contributed by atoms with Crippen LogP contribution >= 0.6 is 15.9 Å². The molecule has 0 atom stereocenters. The van der Waals surface area contributed by atoms with E-state index in [9.17, 15) is 0 Å². The van der Waals surface area contributed by atoms with Gasteiger partial charge in [0.15, 0.2) is 0 Å². The Morgan fingerprint density at radius 1 is 1.11 bits per heavy atom. The number of hydrogen-bond donors (Lipinski definition) is 1. The molecule has 0 radical (unpaired) electrons. The summed E-state index contributed by atoms with van der Waals surface area (Å²) in [6, 6.07) is 14.0. The summed E-state index contributed by atoms with van der Waals surface area (Å²) in [5, 5.41) is 0. The van der Waals surface area contributed by atoms with Crippen LogP contribution in [0.5, 0.6) is 11.5 Å². The van der Waals surface area contributed by atoms with Gasteiger partial charge in [-0.1, -0.05) is 28.1 Å². The Labute approximate surface area is 116 Å². The zero-order chi connectivity index (χ0) is 13.0. The van der Waals surface area contributed by atoms with Crippen molar-refractivity contribution < 1.29 is 4.74 Å². The molecule has 0 heterocycles. The van der Waals surface area contributed by atoms with Crippen LogP contribution in [0.25, 0.3) is 0 Å². The Bertz CT molecular complexity index is 540. The van der Waals surface area contributed by atoms with Crippen LogP contribution in [0.4, 0.5) is 0 Å². The maximum atomic E-state index is 5.84. The van der Waals surface area contributed by atoms with Crippen molar-refractivity contribution in [3.05, 3.63) is 58.1 Å². The molecule has 18 heavy (non-hydrogen) atoms. The predicted molar refractivity (Wildman–Crippen MR) is 78.2 cm³/mol. The summed E-state index contributed by atoms with van der Waals surface area (Å²) >= 11 is 3.48. The van der Waals surface area contributed by atoms with E-state index in [1.807, 2.05) is 43.3 Å². The number of benzene rings is 2. The molecular weight excluding hydrogens is 290 g/mol. The minimum atomic E-state index is 0.654. The SMILES string of the molecule is Cc1cc(Oc2cccc(CCN)c2)ccc1Br. The molecule has 2 aromatic carbocycles. The Kier molecular flexibility index (Phi) is 4.39. The van der Waals surface area contributed by atoms with E-state index in [0.717, 1.165) is 28.0 Å². The summed E-state index contributed by atoms with van der Waals surface area (Å²) in [7, 11) is 0. The van der Waals surface area contributed by atoms with E-state index in [2.05, 4.69) is 22.0 Å². The van der Waals surface area contributed by atoms with E-state index in [1.54, 1.807) is 0 Å². The smallest absolute Gasteiger partial charge is 0.127 e. The Balaban J connectivity index is 2.17. The van der Waals surface area contributed by atoms with Gasteiger partial charge in [0.25, 0.3) is 0 Å². The lowest BCUT2D eigenvalue weighted by Crippen LogP contribution is -2.02. The molecule has 0 aliphatic carbocycles. The second-order valence-corrected chi connectivity index (χ2v) is 5.05. The quantitative estimate of drug-likeness (QED) is 0.925. The molecule has 0 aliphatic rings. The Morgan fingerprint density at radius 2 is 1.89 bits per heavy atom. The minimum Gasteiger partial charge on any atom is -0.457 e. The van der Waals surface area contributed by atoms with Gasteiger partial charge in [-0.05, 0) is 61.3 Å². The van der Waals surface area contributed by atoms with Crippen molar-refractivity contribution in [1.82, 2.24) is 0 Å². The molecule has 0 bridgehead atoms. The van der Waals surface area contributed by atoms with Crippen molar-refractivity contribution in [1.29, 1.82) is 0 Å². The minimum absolute atomic E-state index is 0.654. The average molecular weight is 306 g/mol. The van der Waals surface area contributed by atoms with Gasteiger partial charge >= 0.3 is 0 Å². The second kappa shape index (κ2) is 6.03. The zero-order valence-corrected chi connectivity index (χ0v) is 11.9. The largest absolute Gasteiger partial charge is 0.457 e. The molecule has 94 valence electrons. The Morgan fingerprint density at radius 3 is 2.61 bits per heavy atom. The fraction of sp³-hybridized carbons (Fsp3) is 0.200. The van der Waals surface area contributed by atoms with Crippen LogP contribution in [0.3, 0.4) is 0 Å². The molecule has 2 nitrogen and oxygen atoms in total. The molecule has 0 aromatic heterocycles. The molecule has 0 unspecified atom stereocenters. The first-order valence-electron chi connectivity index (χ1n) is 5.92. The van der Waals surface area contributed by atoms with Crippen molar-refractivity contribution in [3.8, 4) is 11.5 Å². The summed E-state index contributed by atoms with van der Waals surface area (Å²) in [6.45, 7) is 2.70. The van der Waals surface area contributed by atoms with Crippen LogP contribution in [0.15, 0.2) is 46.9 Å². The normalized spacial score (nSPS) is 10.4. The van der Waals surface area contributed by atoms with Crippen molar-refractivity contribution in [2.24, 2.45) is 5.73 Å². The van der Waals surface area contributed by atoms with E-state index in [1.165, 1.54) is 5.56 Å². The van der Waals surface area contributed by atoms with Gasteiger partial charge in [-0.15, -0.1) is 0 Å². The fourth-order valence-electron chi connectivity index (χ4n) is 1.75. The third kappa shape index (κ3) is 3.34. The lowest BCUT2D eigenvalue weighted by molar-refractivity contribution is 0.481. The number of ether oxygens (including phenoxy) is 1. The Hall–Kier alpha value is -1.32. The third-order valence-corrected chi connectivity index (χ3v) is 3.59. The van der Waals surface area contributed by atoms with E-state index >= 15 is 0 Å². The first-order valence-corrected chi connectivity index (χ1v) is 6.71. The molecule has 0 amide bonds. The van der Waals surface area contributed by atoms with E-state index < -0.39 is 0 Å². The number of halogens is 1. The highest BCUT2D eigenvalue weighted by Crippen LogP contribution is 2.26. The molecule has 0 saturated carbocycles. The van der Waals surface area contributed by atoms with Crippen LogP contribution in [0.2, 0.25) is 0 Å². The number of rotatable bonds is 4. The van der Waals surface area contributed by atoms with Gasteiger partial charge in [0.1, 0.15) is 11.5 Å². The summed E-state index contributed by atoms with van der Waals surface area (Å²) in [6.07, 6.45) is 0.872. The molecule has 2 N–H and O–H groups in total. The van der Waals surface area contributed by atoms with Gasteiger partial charge < -0.3 is 10.5 Å². The standard InChI is InChI=1S/C15H16BrNO/c1-11-9-14(5-6-15(11)16)18-13-4-2-3-12(10-13)7-8-17/h2-6,9-10H,7-8,17H2,1H3. The molecule has 0 saturated heterocycles. The van der Waals surface area contributed by atoms with Gasteiger partial charge in [0.05, 0.1) is 0 Å². The van der Waals surface area contributed by atoms with E-state index in [4.69, 9.17) is 10.5 Å². The molecule has 0 fully saturated rings. The molecule has 2 aromatic rings. The van der Waals surface area contributed by atoms with Gasteiger partial charge in [-0.3, -0.25) is 0 Å². The summed E-state index contributed by atoms with van der Waals surface area (Å²) in [4.78, 5) is 0. The van der Waals surface area contributed by atoms with Gasteiger partial charge in [-0.25, -0.2) is 0 Å². The monoisotopic (exact) mass is 305 g/mol. The first kappa shape index (κ1) is 13.1. The van der Waals surface area contributed by atoms with Crippen molar-refractivity contribution in [3.63, 3.8) is 0 Å². The lowest BCUT2D eigenvalue weighted by atomic mass is 10.1. The first-order chi connectivity index (χ1) is 8.69. The lowest BCUT2D eigenvalue weighted by Gasteiger charge is -2.08. The van der Waals surface area contributed by atoms with Crippen molar-refractivity contribution >= 4 is 15.9 Å². The fourth-order valence-corrected chi connectivity index (χ4v) is 1.99. The molecular formula is C15H16BrNO. The van der Waals surface area contributed by atoms with Crippen LogP contribution < -0.4 is 10.5 Å². The topological polar surface area (TPSA) is 35.2 Å². The third-order valence-electron chi connectivity index (χ3n) is 2.70. The van der Waals surface area contributed by atoms with Crippen LogP contribution in [0, 0.1) is 6.92 Å². The average Bonchev–Trinajstić information content (AvgIpc) is 2.35. The molecule has 0 aliphatic heterocycles. The van der Waals surface area contributed by atoms with Crippen molar-refractivity contribution in [2.75, 3.05) is 6.54 Å².